The van der Waals surface area contributed by atoms with E-state index in [1.807, 2.05) is 47.8 Å². The maximum absolute atomic E-state index is 10.7. The zero-order valence-corrected chi connectivity index (χ0v) is 15.8. The highest BCUT2D eigenvalue weighted by Crippen LogP contribution is 2.29. The number of furan rings is 1. The van der Waals surface area contributed by atoms with E-state index in [-0.39, 0.29) is 17.2 Å². The van der Waals surface area contributed by atoms with E-state index in [4.69, 9.17) is 4.42 Å². The summed E-state index contributed by atoms with van der Waals surface area (Å²) < 4.78 is 5.10. The van der Waals surface area contributed by atoms with Gasteiger partial charge in [0, 0.05) is 17.0 Å². The summed E-state index contributed by atoms with van der Waals surface area (Å²) in [5.74, 6) is -0.135. The first-order valence-corrected chi connectivity index (χ1v) is 9.50. The van der Waals surface area contributed by atoms with Crippen molar-refractivity contribution in [3.05, 3.63) is 93.0 Å². The average molecular weight is 399 g/mol. The van der Waals surface area contributed by atoms with E-state index >= 15 is 0 Å². The van der Waals surface area contributed by atoms with Crippen LogP contribution in [0.1, 0.15) is 10.8 Å². The summed E-state index contributed by atoms with van der Waals surface area (Å²) in [5.41, 5.74) is 4.24. The number of aromatic nitrogens is 1. The Kier molecular flexibility index (Phi) is 5.01. The van der Waals surface area contributed by atoms with E-state index in [9.17, 15) is 15.4 Å². The molecule has 0 spiro atoms. The summed E-state index contributed by atoms with van der Waals surface area (Å²) in [6, 6.07) is 22.9. The third-order valence-corrected chi connectivity index (χ3v) is 5.10. The maximum Gasteiger partial charge on any atom is 0.433 e. The lowest BCUT2D eigenvalue weighted by atomic mass is 10.0. The van der Waals surface area contributed by atoms with E-state index in [2.05, 4.69) is 23.2 Å². The first-order valence-electron chi connectivity index (χ1n) is 8.62. The van der Waals surface area contributed by atoms with Crippen molar-refractivity contribution in [1.29, 1.82) is 5.26 Å². The second kappa shape index (κ2) is 7.92. The number of nitriles is 1. The van der Waals surface area contributed by atoms with E-state index in [1.165, 1.54) is 29.5 Å². The van der Waals surface area contributed by atoms with Gasteiger partial charge < -0.3 is 4.42 Å². The van der Waals surface area contributed by atoms with Gasteiger partial charge >= 0.3 is 5.88 Å². The molecule has 7 heteroatoms. The van der Waals surface area contributed by atoms with Crippen molar-refractivity contribution in [2.75, 3.05) is 0 Å². The molecular weight excluding hydrogens is 386 g/mol. The number of thiazole rings is 1. The number of hydrogen-bond donors (Lipinski definition) is 0. The molecule has 0 fully saturated rings. The van der Waals surface area contributed by atoms with E-state index in [0.717, 1.165) is 22.4 Å². The van der Waals surface area contributed by atoms with Gasteiger partial charge in [-0.2, -0.15) is 5.26 Å². The van der Waals surface area contributed by atoms with Crippen LogP contribution >= 0.6 is 11.3 Å². The van der Waals surface area contributed by atoms with E-state index in [1.54, 1.807) is 0 Å². The molecule has 2 heterocycles. The van der Waals surface area contributed by atoms with Crippen LogP contribution in [-0.2, 0) is 0 Å². The van der Waals surface area contributed by atoms with Crippen molar-refractivity contribution in [2.45, 2.75) is 0 Å². The summed E-state index contributed by atoms with van der Waals surface area (Å²) in [7, 11) is 0. The largest absolute Gasteiger partial charge is 0.433 e. The molecule has 0 bridgehead atoms. The molecule has 0 N–H and O–H groups in total. The maximum atomic E-state index is 10.7. The molecule has 0 aliphatic carbocycles. The lowest BCUT2D eigenvalue weighted by Gasteiger charge is -2.02. The quantitative estimate of drug-likeness (QED) is 0.232. The highest BCUT2D eigenvalue weighted by molar-refractivity contribution is 7.11. The predicted octanol–water partition coefficient (Wildman–Crippen LogP) is 6.04. The smallest absolute Gasteiger partial charge is 0.401 e. The summed E-state index contributed by atoms with van der Waals surface area (Å²) >= 11 is 1.33. The zero-order chi connectivity index (χ0) is 20.2. The van der Waals surface area contributed by atoms with Gasteiger partial charge in [-0.15, -0.1) is 11.3 Å². The van der Waals surface area contributed by atoms with Crippen molar-refractivity contribution < 1.29 is 9.34 Å². The fourth-order valence-electron chi connectivity index (χ4n) is 2.80. The number of nitro groups is 1. The van der Waals surface area contributed by atoms with E-state index in [0.29, 0.717) is 5.01 Å². The second-order valence-corrected chi connectivity index (χ2v) is 6.94. The van der Waals surface area contributed by atoms with Crippen LogP contribution in [0.25, 0.3) is 34.0 Å². The Balaban J connectivity index is 1.59. The second-order valence-electron chi connectivity index (χ2n) is 6.08. The predicted molar refractivity (Wildman–Crippen MR) is 112 cm³/mol. The normalized spacial score (nSPS) is 11.2. The van der Waals surface area contributed by atoms with Crippen molar-refractivity contribution in [2.24, 2.45) is 0 Å². The highest BCUT2D eigenvalue weighted by atomic mass is 32.1. The molecule has 2 aromatic carbocycles. The minimum Gasteiger partial charge on any atom is -0.401 e. The van der Waals surface area contributed by atoms with Crippen LogP contribution in [0.15, 0.2) is 76.5 Å². The Labute approximate surface area is 170 Å². The van der Waals surface area contributed by atoms with Gasteiger partial charge in [0.1, 0.15) is 21.8 Å². The van der Waals surface area contributed by atoms with Gasteiger partial charge in [0.15, 0.2) is 0 Å². The fraction of sp³-hybridized carbons (Fsp3) is 0. The minimum absolute atomic E-state index is 0.234. The van der Waals surface area contributed by atoms with Crippen molar-refractivity contribution in [1.82, 2.24) is 4.98 Å². The van der Waals surface area contributed by atoms with Crippen LogP contribution in [0.3, 0.4) is 0 Å². The summed E-state index contributed by atoms with van der Waals surface area (Å²) in [5, 5.41) is 22.6. The third-order valence-electron chi connectivity index (χ3n) is 4.22. The Morgan fingerprint density at radius 3 is 2.38 bits per heavy atom. The number of benzene rings is 2. The van der Waals surface area contributed by atoms with Gasteiger partial charge in [-0.1, -0.05) is 54.6 Å². The van der Waals surface area contributed by atoms with Crippen LogP contribution in [0, 0.1) is 21.4 Å². The van der Waals surface area contributed by atoms with Crippen LogP contribution in [0.5, 0.6) is 0 Å². The van der Waals surface area contributed by atoms with Crippen molar-refractivity contribution in [3.63, 3.8) is 0 Å². The van der Waals surface area contributed by atoms with Crippen LogP contribution in [0.4, 0.5) is 5.88 Å². The highest BCUT2D eigenvalue weighted by Gasteiger charge is 2.14. The molecule has 0 aliphatic rings. The number of allylic oxidation sites excluding steroid dienone is 1. The lowest BCUT2D eigenvalue weighted by molar-refractivity contribution is -0.402. The molecule has 2 aromatic heterocycles. The van der Waals surface area contributed by atoms with Gasteiger partial charge in [0.05, 0.1) is 17.3 Å². The molecule has 29 heavy (non-hydrogen) atoms. The molecule has 140 valence electrons. The topological polar surface area (TPSA) is 93.0 Å². The summed E-state index contributed by atoms with van der Waals surface area (Å²) in [6.07, 6.45) is 1.45. The molecule has 0 unspecified atom stereocenters. The van der Waals surface area contributed by atoms with Gasteiger partial charge in [-0.05, 0) is 17.2 Å². The van der Waals surface area contributed by atoms with Gasteiger partial charge in [-0.3, -0.25) is 10.1 Å². The van der Waals surface area contributed by atoms with Crippen molar-refractivity contribution in [3.8, 4) is 28.5 Å². The molecule has 0 saturated heterocycles. The Bertz CT molecular complexity index is 1230. The Morgan fingerprint density at radius 1 is 1.03 bits per heavy atom. The van der Waals surface area contributed by atoms with Crippen LogP contribution in [0.2, 0.25) is 0 Å². The van der Waals surface area contributed by atoms with Gasteiger partial charge in [0.2, 0.25) is 0 Å². The SMILES string of the molecule is N#CC(=Cc1ccc([N+](=O)[O-])o1)c1nc(-c2ccc(-c3ccccc3)cc2)cs1. The van der Waals surface area contributed by atoms with E-state index < -0.39 is 4.92 Å². The number of nitrogens with zero attached hydrogens (tertiary/aromatic N) is 3. The van der Waals surface area contributed by atoms with Crippen LogP contribution in [-0.4, -0.2) is 9.91 Å². The molecule has 0 aliphatic heterocycles. The first-order chi connectivity index (χ1) is 14.1. The molecule has 6 nitrogen and oxygen atoms in total. The molecule has 0 amide bonds. The number of hydrogen-bond acceptors (Lipinski definition) is 6. The first kappa shape index (κ1) is 18.3. The van der Waals surface area contributed by atoms with Gasteiger partial charge in [0.25, 0.3) is 0 Å². The van der Waals surface area contributed by atoms with Gasteiger partial charge in [-0.25, -0.2) is 4.98 Å². The third kappa shape index (κ3) is 3.98. The molecule has 0 atom stereocenters. The van der Waals surface area contributed by atoms with Crippen molar-refractivity contribution >= 4 is 28.9 Å². The Hall–Kier alpha value is -4.02. The molecule has 4 aromatic rings. The Morgan fingerprint density at radius 2 is 1.72 bits per heavy atom. The summed E-state index contributed by atoms with van der Waals surface area (Å²) in [6.45, 7) is 0. The number of rotatable bonds is 5. The molecular formula is C22H13N3O3S. The minimum atomic E-state index is -0.621. The standard InChI is InChI=1S/C22H13N3O3S/c23-13-18(12-19-10-11-21(28-19)25(26)27)22-24-20(14-29-22)17-8-6-16(7-9-17)15-4-2-1-3-5-15/h1-12,14H. The van der Waals surface area contributed by atoms with Crippen LogP contribution < -0.4 is 0 Å². The fourth-order valence-corrected chi connectivity index (χ4v) is 3.59. The molecule has 4 rings (SSSR count). The molecule has 0 radical (unpaired) electrons. The monoisotopic (exact) mass is 399 g/mol. The molecule has 0 saturated carbocycles. The summed E-state index contributed by atoms with van der Waals surface area (Å²) in [4.78, 5) is 14.7. The lowest BCUT2D eigenvalue weighted by Crippen LogP contribution is -1.84. The average Bonchev–Trinajstić information content (AvgIpc) is 3.43. The zero-order valence-electron chi connectivity index (χ0n) is 15.0.